The molecule has 0 unspecified atom stereocenters. The summed E-state index contributed by atoms with van der Waals surface area (Å²) in [5, 5.41) is 6.13. The number of methoxy groups -OCH3 is 1. The van der Waals surface area contributed by atoms with Crippen molar-refractivity contribution in [2.45, 2.75) is 64.0 Å². The van der Waals surface area contributed by atoms with E-state index in [1.165, 1.54) is 0 Å². The first kappa shape index (κ1) is 23.1. The molecule has 0 radical (unpaired) electrons. The van der Waals surface area contributed by atoms with Gasteiger partial charge in [-0.1, -0.05) is 31.4 Å². The van der Waals surface area contributed by atoms with E-state index in [1.54, 1.807) is 19.1 Å². The maximum Gasteiger partial charge on any atom is 0.223 e. The lowest BCUT2D eigenvalue weighted by Gasteiger charge is -2.25. The predicted octanol–water partition coefficient (Wildman–Crippen LogP) is 2.64. The molecule has 3 rings (SSSR count). The highest BCUT2D eigenvalue weighted by molar-refractivity contribution is 5.86. The average Bonchev–Trinajstić information content (AvgIpc) is 3.32. The van der Waals surface area contributed by atoms with Gasteiger partial charge in [0.2, 0.25) is 17.7 Å². The van der Waals surface area contributed by atoms with Crippen LogP contribution in [-0.4, -0.2) is 49.4 Å². The number of hydrogen-bond donors (Lipinski definition) is 2. The first-order valence-electron chi connectivity index (χ1n) is 11.4. The second-order valence-electron chi connectivity index (χ2n) is 8.86. The van der Waals surface area contributed by atoms with Crippen molar-refractivity contribution in [3.05, 3.63) is 29.8 Å². The molecule has 1 aromatic carbocycles. The van der Waals surface area contributed by atoms with Crippen LogP contribution in [-0.2, 0) is 20.9 Å². The zero-order valence-corrected chi connectivity index (χ0v) is 18.7. The van der Waals surface area contributed by atoms with Crippen molar-refractivity contribution in [1.82, 2.24) is 15.5 Å². The number of carbonyl (C=O) groups excluding carboxylic acids is 3. The number of hydrogen-bond acceptors (Lipinski definition) is 4. The van der Waals surface area contributed by atoms with Crippen molar-refractivity contribution in [3.8, 4) is 5.75 Å². The summed E-state index contributed by atoms with van der Waals surface area (Å²) in [6.07, 6.45) is 6.59. The molecule has 7 nitrogen and oxygen atoms in total. The Morgan fingerprint density at radius 3 is 2.35 bits per heavy atom. The Morgan fingerprint density at radius 1 is 1.00 bits per heavy atom. The summed E-state index contributed by atoms with van der Waals surface area (Å²) in [7, 11) is 3.38. The van der Waals surface area contributed by atoms with Crippen LogP contribution < -0.4 is 15.4 Å². The Hall–Kier alpha value is -2.57. The minimum Gasteiger partial charge on any atom is -0.497 e. The highest BCUT2D eigenvalue weighted by atomic mass is 16.5. The molecule has 1 heterocycles. The van der Waals surface area contributed by atoms with Crippen molar-refractivity contribution in [2.75, 3.05) is 20.7 Å². The first-order valence-corrected chi connectivity index (χ1v) is 11.4. The summed E-state index contributed by atoms with van der Waals surface area (Å²) < 4.78 is 5.16. The number of nitrogens with one attached hydrogen (secondary N) is 2. The van der Waals surface area contributed by atoms with Gasteiger partial charge in [-0.15, -0.1) is 0 Å². The molecular formula is C24H35N3O4. The second-order valence-corrected chi connectivity index (χ2v) is 8.86. The summed E-state index contributed by atoms with van der Waals surface area (Å²) in [5.41, 5.74) is 0.982. The molecule has 3 amide bonds. The summed E-state index contributed by atoms with van der Waals surface area (Å²) in [6, 6.07) is 7.50. The van der Waals surface area contributed by atoms with Crippen molar-refractivity contribution in [1.29, 1.82) is 0 Å². The lowest BCUT2D eigenvalue weighted by molar-refractivity contribution is -0.135. The van der Waals surface area contributed by atoms with E-state index in [-0.39, 0.29) is 42.0 Å². The Balaban J connectivity index is 1.53. The van der Waals surface area contributed by atoms with Crippen LogP contribution in [0.4, 0.5) is 0 Å². The normalized spacial score (nSPS) is 22.9. The molecule has 170 valence electrons. The zero-order valence-electron chi connectivity index (χ0n) is 18.7. The molecule has 1 saturated carbocycles. The summed E-state index contributed by atoms with van der Waals surface area (Å²) in [4.78, 5) is 39.7. The third-order valence-corrected chi connectivity index (χ3v) is 6.52. The smallest absolute Gasteiger partial charge is 0.223 e. The molecule has 2 N–H and O–H groups in total. The van der Waals surface area contributed by atoms with E-state index in [0.717, 1.165) is 49.8 Å². The fraction of sp³-hybridized carbons (Fsp3) is 0.625. The van der Waals surface area contributed by atoms with Crippen LogP contribution in [0.3, 0.4) is 0 Å². The van der Waals surface area contributed by atoms with Crippen molar-refractivity contribution in [3.63, 3.8) is 0 Å². The Kier molecular flexibility index (Phi) is 8.32. The molecule has 7 heteroatoms. The highest BCUT2D eigenvalue weighted by Crippen LogP contribution is 2.25. The van der Waals surface area contributed by atoms with Gasteiger partial charge in [0.25, 0.3) is 0 Å². The molecule has 0 aromatic heterocycles. The zero-order chi connectivity index (χ0) is 22.2. The van der Waals surface area contributed by atoms with E-state index < -0.39 is 0 Å². The third kappa shape index (κ3) is 6.71. The van der Waals surface area contributed by atoms with Crippen LogP contribution in [0.15, 0.2) is 24.3 Å². The number of likely N-dealkylation sites (N-methyl/N-ethyl adjacent to an activating group) is 1. The van der Waals surface area contributed by atoms with E-state index in [9.17, 15) is 14.4 Å². The van der Waals surface area contributed by atoms with Gasteiger partial charge < -0.3 is 20.3 Å². The van der Waals surface area contributed by atoms with E-state index in [4.69, 9.17) is 4.74 Å². The standard InChI is InChI=1S/C24H35N3O4/c1-27-16-20(26-24(30)18-6-3-4-7-18)9-5-8-19(14-22(27)28)23(29)25-15-17-10-12-21(31-2)13-11-17/h10-13,18-20H,3-9,14-16H2,1-2H3,(H,25,29)(H,26,30)/t19-,20-/m1/s1. The number of benzene rings is 1. The minimum atomic E-state index is -0.350. The quantitative estimate of drug-likeness (QED) is 0.728. The van der Waals surface area contributed by atoms with Crippen LogP contribution in [0.5, 0.6) is 5.75 Å². The average molecular weight is 430 g/mol. The van der Waals surface area contributed by atoms with Crippen LogP contribution in [0.1, 0.15) is 56.9 Å². The Morgan fingerprint density at radius 2 is 1.68 bits per heavy atom. The molecule has 1 aromatic rings. The lowest BCUT2D eigenvalue weighted by atomic mass is 9.96. The van der Waals surface area contributed by atoms with Gasteiger partial charge in [0, 0.05) is 44.4 Å². The number of carbonyl (C=O) groups is 3. The summed E-state index contributed by atoms with van der Waals surface area (Å²) in [5.74, 6) is 0.520. The van der Waals surface area contributed by atoms with Crippen LogP contribution >= 0.6 is 0 Å². The van der Waals surface area contributed by atoms with Gasteiger partial charge in [0.15, 0.2) is 0 Å². The van der Waals surface area contributed by atoms with Crippen molar-refractivity contribution >= 4 is 17.7 Å². The van der Waals surface area contributed by atoms with E-state index in [1.807, 2.05) is 24.3 Å². The molecule has 2 atom stereocenters. The van der Waals surface area contributed by atoms with E-state index >= 15 is 0 Å². The van der Waals surface area contributed by atoms with Crippen LogP contribution in [0.25, 0.3) is 0 Å². The number of rotatable bonds is 6. The molecule has 2 fully saturated rings. The van der Waals surface area contributed by atoms with E-state index in [2.05, 4.69) is 10.6 Å². The van der Waals surface area contributed by atoms with Gasteiger partial charge in [-0.25, -0.2) is 0 Å². The number of nitrogens with zero attached hydrogens (tertiary/aromatic N) is 1. The predicted molar refractivity (Wildman–Crippen MR) is 118 cm³/mol. The molecule has 2 aliphatic rings. The van der Waals surface area contributed by atoms with Crippen molar-refractivity contribution < 1.29 is 19.1 Å². The molecule has 1 aliphatic heterocycles. The molecule has 0 spiro atoms. The molecule has 1 aliphatic carbocycles. The van der Waals surface area contributed by atoms with Gasteiger partial charge >= 0.3 is 0 Å². The largest absolute Gasteiger partial charge is 0.497 e. The first-order chi connectivity index (χ1) is 15.0. The van der Waals surface area contributed by atoms with Crippen LogP contribution in [0.2, 0.25) is 0 Å². The fourth-order valence-corrected chi connectivity index (χ4v) is 4.53. The van der Waals surface area contributed by atoms with Gasteiger partial charge in [0.1, 0.15) is 5.75 Å². The lowest BCUT2D eigenvalue weighted by Crippen LogP contribution is -2.45. The Bertz CT molecular complexity index is 759. The minimum absolute atomic E-state index is 0.0494. The van der Waals surface area contributed by atoms with Gasteiger partial charge in [-0.05, 0) is 43.4 Å². The molecular weight excluding hydrogens is 394 g/mol. The maximum absolute atomic E-state index is 12.8. The fourth-order valence-electron chi connectivity index (χ4n) is 4.53. The second kappa shape index (κ2) is 11.2. The number of amides is 3. The van der Waals surface area contributed by atoms with E-state index in [0.29, 0.717) is 19.5 Å². The van der Waals surface area contributed by atoms with Gasteiger partial charge in [-0.2, -0.15) is 0 Å². The van der Waals surface area contributed by atoms with Gasteiger partial charge in [0.05, 0.1) is 7.11 Å². The third-order valence-electron chi connectivity index (χ3n) is 6.52. The van der Waals surface area contributed by atoms with Crippen molar-refractivity contribution in [2.24, 2.45) is 11.8 Å². The summed E-state index contributed by atoms with van der Waals surface area (Å²) >= 11 is 0. The van der Waals surface area contributed by atoms with Gasteiger partial charge in [-0.3, -0.25) is 14.4 Å². The monoisotopic (exact) mass is 429 g/mol. The SMILES string of the molecule is COc1ccc(CNC(=O)[C@@H]2CCC[C@@H](NC(=O)C3CCCC3)CN(C)C(=O)C2)cc1. The maximum atomic E-state index is 12.8. The number of ether oxygens (including phenoxy) is 1. The summed E-state index contributed by atoms with van der Waals surface area (Å²) in [6.45, 7) is 0.918. The Labute approximate surface area is 184 Å². The topological polar surface area (TPSA) is 87.7 Å². The van der Waals surface area contributed by atoms with Crippen LogP contribution in [0, 0.1) is 11.8 Å². The molecule has 0 bridgehead atoms. The molecule has 1 saturated heterocycles. The molecule has 31 heavy (non-hydrogen) atoms. The highest BCUT2D eigenvalue weighted by Gasteiger charge is 2.29.